The number of likely N-dealkylation sites (tertiary alicyclic amines) is 1. The van der Waals surface area contributed by atoms with Crippen LogP contribution in [0.5, 0.6) is 0 Å². The number of H-pyrrole nitrogens is 1. The molecule has 112 valence electrons. The Bertz CT molecular complexity index is 635. The van der Waals surface area contributed by atoms with Gasteiger partial charge in [0.2, 0.25) is 0 Å². The Balaban J connectivity index is 1.64. The summed E-state index contributed by atoms with van der Waals surface area (Å²) in [5, 5.41) is 4.87. The van der Waals surface area contributed by atoms with Crippen LogP contribution in [0.2, 0.25) is 0 Å². The van der Waals surface area contributed by atoms with Crippen molar-refractivity contribution < 1.29 is 0 Å². The van der Waals surface area contributed by atoms with Crippen molar-refractivity contribution in [2.75, 3.05) is 26.7 Å². The minimum Gasteiger partial charge on any atom is -0.361 e. The van der Waals surface area contributed by atoms with Crippen LogP contribution in [0, 0.1) is 6.92 Å². The van der Waals surface area contributed by atoms with Gasteiger partial charge in [0.25, 0.3) is 0 Å². The number of aryl methyl sites for hydroxylation is 1. The topological polar surface area (TPSA) is 43.4 Å². The zero-order valence-corrected chi connectivity index (χ0v) is 12.9. The molecule has 0 atom stereocenters. The third kappa shape index (κ3) is 2.89. The van der Waals surface area contributed by atoms with Crippen molar-refractivity contribution in [3.63, 3.8) is 0 Å². The highest BCUT2D eigenvalue weighted by Gasteiger charge is 2.15. The molecule has 1 aliphatic heterocycles. The summed E-state index contributed by atoms with van der Waals surface area (Å²) in [5.41, 5.74) is 3.95. The second-order valence-electron chi connectivity index (χ2n) is 5.73. The van der Waals surface area contributed by atoms with Gasteiger partial charge in [0, 0.05) is 43.8 Å². The fraction of sp³-hybridized carbons (Fsp3) is 0.471. The summed E-state index contributed by atoms with van der Waals surface area (Å²) in [6.45, 7) is 5.36. The van der Waals surface area contributed by atoms with Gasteiger partial charge in [0.05, 0.1) is 0 Å². The molecule has 0 amide bonds. The molecule has 1 saturated heterocycles. The van der Waals surface area contributed by atoms with Gasteiger partial charge in [0.1, 0.15) is 0 Å². The fourth-order valence-electron chi connectivity index (χ4n) is 3.22. The zero-order valence-electron chi connectivity index (χ0n) is 12.9. The van der Waals surface area contributed by atoms with Gasteiger partial charge in [-0.15, -0.1) is 0 Å². The molecule has 0 unspecified atom stereocenters. The third-order valence-corrected chi connectivity index (χ3v) is 4.29. The lowest BCUT2D eigenvalue weighted by atomic mass is 10.1. The van der Waals surface area contributed by atoms with Crippen LogP contribution in [0.25, 0.3) is 10.9 Å². The minimum atomic E-state index is 0.921. The Kier molecular flexibility index (Phi) is 4.13. The molecule has 4 nitrogen and oxygen atoms in total. The van der Waals surface area contributed by atoms with Crippen LogP contribution >= 0.6 is 0 Å². The van der Waals surface area contributed by atoms with Crippen LogP contribution in [0.15, 0.2) is 29.4 Å². The van der Waals surface area contributed by atoms with E-state index in [0.29, 0.717) is 0 Å². The van der Waals surface area contributed by atoms with Gasteiger partial charge in [-0.25, -0.2) is 0 Å². The Labute approximate surface area is 126 Å². The summed E-state index contributed by atoms with van der Waals surface area (Å²) in [6, 6.07) is 6.42. The Hall–Kier alpha value is -1.97. The predicted molar refractivity (Wildman–Crippen MR) is 88.9 cm³/mol. The van der Waals surface area contributed by atoms with Gasteiger partial charge >= 0.3 is 0 Å². The molecule has 2 heterocycles. The van der Waals surface area contributed by atoms with E-state index >= 15 is 0 Å². The van der Waals surface area contributed by atoms with Crippen LogP contribution in [0.1, 0.15) is 24.0 Å². The van der Waals surface area contributed by atoms with E-state index in [-0.39, 0.29) is 0 Å². The first-order valence-electron chi connectivity index (χ1n) is 7.81. The predicted octanol–water partition coefficient (Wildman–Crippen LogP) is 2.69. The molecule has 21 heavy (non-hydrogen) atoms. The number of hydrogen-bond acceptors (Lipinski definition) is 1. The van der Waals surface area contributed by atoms with Gasteiger partial charge in [-0.05, 0) is 43.4 Å². The Morgan fingerprint density at radius 1 is 1.33 bits per heavy atom. The van der Waals surface area contributed by atoms with E-state index in [1.54, 1.807) is 0 Å². The quantitative estimate of drug-likeness (QED) is 0.672. The smallest absolute Gasteiger partial charge is 0.193 e. The summed E-state index contributed by atoms with van der Waals surface area (Å²) in [4.78, 5) is 10.1. The fourth-order valence-corrected chi connectivity index (χ4v) is 3.22. The summed E-state index contributed by atoms with van der Waals surface area (Å²) in [6.07, 6.45) is 5.71. The van der Waals surface area contributed by atoms with E-state index in [1.165, 1.54) is 34.9 Å². The molecule has 0 aliphatic carbocycles. The van der Waals surface area contributed by atoms with Crippen molar-refractivity contribution in [1.29, 1.82) is 0 Å². The van der Waals surface area contributed by atoms with Crippen molar-refractivity contribution in [2.45, 2.75) is 26.2 Å². The van der Waals surface area contributed by atoms with E-state index in [2.05, 4.69) is 51.5 Å². The standard InChI is InChI=1S/C17H24N4/c1-13-6-5-7-15-16(13)14(12-20-15)8-9-19-17(18-2)21-10-3-4-11-21/h5-7,12,20H,3-4,8-11H2,1-2H3,(H,18,19). The number of hydrogen-bond donors (Lipinski definition) is 2. The minimum absolute atomic E-state index is 0.921. The molecular weight excluding hydrogens is 260 g/mol. The average molecular weight is 284 g/mol. The highest BCUT2D eigenvalue weighted by atomic mass is 15.3. The lowest BCUT2D eigenvalue weighted by molar-refractivity contribution is 0.494. The number of guanidine groups is 1. The molecule has 1 fully saturated rings. The number of fused-ring (bicyclic) bond motifs is 1. The van der Waals surface area contributed by atoms with Crippen LogP contribution in [0.4, 0.5) is 0 Å². The number of aromatic nitrogens is 1. The molecule has 2 aromatic rings. The summed E-state index contributed by atoms with van der Waals surface area (Å²) in [5.74, 6) is 1.05. The second kappa shape index (κ2) is 6.20. The lowest BCUT2D eigenvalue weighted by Crippen LogP contribution is -2.40. The monoisotopic (exact) mass is 284 g/mol. The van der Waals surface area contributed by atoms with E-state index in [4.69, 9.17) is 0 Å². The molecule has 1 aromatic carbocycles. The summed E-state index contributed by atoms with van der Waals surface area (Å²) < 4.78 is 0. The lowest BCUT2D eigenvalue weighted by Gasteiger charge is -2.20. The zero-order chi connectivity index (χ0) is 14.7. The first-order valence-corrected chi connectivity index (χ1v) is 7.81. The molecule has 0 radical (unpaired) electrons. The van der Waals surface area contributed by atoms with E-state index < -0.39 is 0 Å². The normalized spacial score (nSPS) is 15.9. The van der Waals surface area contributed by atoms with Gasteiger partial charge in [-0.2, -0.15) is 0 Å². The molecule has 1 aliphatic rings. The summed E-state index contributed by atoms with van der Waals surface area (Å²) in [7, 11) is 1.87. The van der Waals surface area contributed by atoms with Crippen molar-refractivity contribution in [2.24, 2.45) is 4.99 Å². The number of rotatable bonds is 3. The average Bonchev–Trinajstić information content (AvgIpc) is 3.14. The molecule has 0 saturated carbocycles. The molecule has 0 spiro atoms. The highest BCUT2D eigenvalue weighted by Crippen LogP contribution is 2.22. The largest absolute Gasteiger partial charge is 0.361 e. The molecule has 0 bridgehead atoms. The molecule has 4 heteroatoms. The maximum Gasteiger partial charge on any atom is 0.193 e. The molecule has 2 N–H and O–H groups in total. The number of aliphatic imine (C=N–C) groups is 1. The first kappa shape index (κ1) is 14.0. The number of aromatic amines is 1. The first-order chi connectivity index (χ1) is 10.3. The number of nitrogens with one attached hydrogen (secondary N) is 2. The molecular formula is C17H24N4. The van der Waals surface area contributed by atoms with E-state index in [1.807, 2.05) is 7.05 Å². The SMILES string of the molecule is CN=C(NCCc1c[nH]c2cccc(C)c12)N1CCCC1. The van der Waals surface area contributed by atoms with Crippen LogP contribution in [-0.4, -0.2) is 42.5 Å². The van der Waals surface area contributed by atoms with Crippen molar-refractivity contribution in [1.82, 2.24) is 15.2 Å². The van der Waals surface area contributed by atoms with Crippen LogP contribution in [0.3, 0.4) is 0 Å². The van der Waals surface area contributed by atoms with Gasteiger partial charge in [0.15, 0.2) is 5.96 Å². The van der Waals surface area contributed by atoms with Crippen LogP contribution in [-0.2, 0) is 6.42 Å². The maximum absolute atomic E-state index is 4.39. The van der Waals surface area contributed by atoms with E-state index in [0.717, 1.165) is 32.0 Å². The molecule has 1 aromatic heterocycles. The van der Waals surface area contributed by atoms with Crippen LogP contribution < -0.4 is 5.32 Å². The van der Waals surface area contributed by atoms with E-state index in [9.17, 15) is 0 Å². The molecule has 3 rings (SSSR count). The van der Waals surface area contributed by atoms with Crippen molar-refractivity contribution >= 4 is 16.9 Å². The number of nitrogens with zero attached hydrogens (tertiary/aromatic N) is 2. The third-order valence-electron chi connectivity index (χ3n) is 4.29. The van der Waals surface area contributed by atoms with Crippen molar-refractivity contribution in [3.8, 4) is 0 Å². The van der Waals surface area contributed by atoms with Gasteiger partial charge in [-0.3, -0.25) is 4.99 Å². The Morgan fingerprint density at radius 3 is 2.90 bits per heavy atom. The number of benzene rings is 1. The second-order valence-corrected chi connectivity index (χ2v) is 5.73. The maximum atomic E-state index is 4.39. The van der Waals surface area contributed by atoms with Crippen molar-refractivity contribution in [3.05, 3.63) is 35.5 Å². The van der Waals surface area contributed by atoms with Gasteiger partial charge < -0.3 is 15.2 Å². The highest BCUT2D eigenvalue weighted by molar-refractivity contribution is 5.86. The summed E-state index contributed by atoms with van der Waals surface area (Å²) >= 11 is 0. The van der Waals surface area contributed by atoms with Gasteiger partial charge in [-0.1, -0.05) is 12.1 Å². The Morgan fingerprint density at radius 2 is 2.14 bits per heavy atom.